The van der Waals surface area contributed by atoms with Gasteiger partial charge in [-0.05, 0) is 42.5 Å². The Morgan fingerprint density at radius 3 is 2.77 bits per heavy atom. The van der Waals surface area contributed by atoms with Gasteiger partial charge in [0.25, 0.3) is 5.91 Å². The van der Waals surface area contributed by atoms with Gasteiger partial charge in [0.2, 0.25) is 0 Å². The molecule has 0 unspecified atom stereocenters. The molecule has 2 rings (SSSR count). The molecule has 2 aromatic carbocycles. The summed E-state index contributed by atoms with van der Waals surface area (Å²) < 4.78 is 0.726. The molecule has 0 aliphatic heterocycles. The SMILES string of the molecule is N#C/C(=C\c1cc(Br)ccc1O)C(=O)Nc1cccc(Cl)c1. The van der Waals surface area contributed by atoms with Crippen LogP contribution in [0.3, 0.4) is 0 Å². The first-order chi connectivity index (χ1) is 10.5. The van der Waals surface area contributed by atoms with E-state index in [2.05, 4.69) is 21.2 Å². The molecule has 2 aromatic rings. The highest BCUT2D eigenvalue weighted by Gasteiger charge is 2.11. The summed E-state index contributed by atoms with van der Waals surface area (Å²) in [6.45, 7) is 0. The fourth-order valence-corrected chi connectivity index (χ4v) is 2.28. The van der Waals surface area contributed by atoms with E-state index in [-0.39, 0.29) is 11.3 Å². The number of nitrogens with one attached hydrogen (secondary N) is 1. The van der Waals surface area contributed by atoms with Gasteiger partial charge in [-0.25, -0.2) is 0 Å². The second kappa shape index (κ2) is 7.12. The van der Waals surface area contributed by atoms with Crippen LogP contribution in [0.25, 0.3) is 6.08 Å². The summed E-state index contributed by atoms with van der Waals surface area (Å²) in [5.74, 6) is -0.601. The quantitative estimate of drug-likeness (QED) is 0.617. The molecule has 6 heteroatoms. The highest BCUT2D eigenvalue weighted by Crippen LogP contribution is 2.24. The molecular formula is C16H10BrClN2O2. The third kappa shape index (κ3) is 4.10. The molecule has 0 spiro atoms. The summed E-state index contributed by atoms with van der Waals surface area (Å²) in [5.41, 5.74) is 0.720. The number of hydrogen-bond donors (Lipinski definition) is 2. The lowest BCUT2D eigenvalue weighted by atomic mass is 10.1. The molecule has 0 fully saturated rings. The van der Waals surface area contributed by atoms with Gasteiger partial charge < -0.3 is 10.4 Å². The van der Waals surface area contributed by atoms with E-state index < -0.39 is 5.91 Å². The molecule has 22 heavy (non-hydrogen) atoms. The number of amides is 1. The normalized spacial score (nSPS) is 10.9. The second-order valence-corrected chi connectivity index (χ2v) is 5.69. The van der Waals surface area contributed by atoms with E-state index in [4.69, 9.17) is 16.9 Å². The van der Waals surface area contributed by atoms with E-state index in [1.807, 2.05) is 6.07 Å². The molecule has 0 aliphatic carbocycles. The van der Waals surface area contributed by atoms with Crippen LogP contribution >= 0.6 is 27.5 Å². The minimum absolute atomic E-state index is 0.0218. The fraction of sp³-hybridized carbons (Fsp3) is 0. The highest BCUT2D eigenvalue weighted by molar-refractivity contribution is 9.10. The van der Waals surface area contributed by atoms with E-state index in [9.17, 15) is 9.90 Å². The minimum atomic E-state index is -0.579. The summed E-state index contributed by atoms with van der Waals surface area (Å²) in [4.78, 5) is 12.1. The van der Waals surface area contributed by atoms with Crippen LogP contribution < -0.4 is 5.32 Å². The van der Waals surface area contributed by atoms with Gasteiger partial charge in [0.15, 0.2) is 0 Å². The Balaban J connectivity index is 2.28. The Labute approximate surface area is 140 Å². The maximum Gasteiger partial charge on any atom is 0.266 e. The number of nitriles is 1. The Bertz CT molecular complexity index is 797. The van der Waals surface area contributed by atoms with Crippen LogP contribution in [0.5, 0.6) is 5.75 Å². The molecule has 0 saturated carbocycles. The van der Waals surface area contributed by atoms with Crippen molar-refractivity contribution >= 4 is 45.2 Å². The molecule has 0 atom stereocenters. The Hall–Kier alpha value is -2.29. The Morgan fingerprint density at radius 2 is 2.09 bits per heavy atom. The molecule has 0 heterocycles. The molecule has 2 N–H and O–H groups in total. The largest absolute Gasteiger partial charge is 0.507 e. The average molecular weight is 378 g/mol. The summed E-state index contributed by atoms with van der Waals surface area (Å²) in [5, 5.41) is 22.0. The van der Waals surface area contributed by atoms with Crippen molar-refractivity contribution in [2.75, 3.05) is 5.32 Å². The topological polar surface area (TPSA) is 73.1 Å². The number of halogens is 2. The number of phenols is 1. The van der Waals surface area contributed by atoms with Gasteiger partial charge in [0, 0.05) is 20.7 Å². The van der Waals surface area contributed by atoms with Crippen molar-refractivity contribution in [2.45, 2.75) is 0 Å². The molecule has 110 valence electrons. The van der Waals surface area contributed by atoms with Crippen LogP contribution in [-0.2, 0) is 4.79 Å². The fourth-order valence-electron chi connectivity index (χ4n) is 1.71. The highest BCUT2D eigenvalue weighted by atomic mass is 79.9. The molecule has 0 aromatic heterocycles. The van der Waals surface area contributed by atoms with Gasteiger partial charge in [-0.15, -0.1) is 0 Å². The Kier molecular flexibility index (Phi) is 5.21. The number of nitrogens with zero attached hydrogens (tertiary/aromatic N) is 1. The number of hydrogen-bond acceptors (Lipinski definition) is 3. The molecule has 0 bridgehead atoms. The molecule has 0 aliphatic rings. The van der Waals surface area contributed by atoms with Crippen molar-refractivity contribution in [2.24, 2.45) is 0 Å². The van der Waals surface area contributed by atoms with E-state index in [0.29, 0.717) is 16.3 Å². The van der Waals surface area contributed by atoms with E-state index in [1.165, 1.54) is 12.1 Å². The van der Waals surface area contributed by atoms with Crippen molar-refractivity contribution in [3.05, 3.63) is 63.1 Å². The first-order valence-corrected chi connectivity index (χ1v) is 7.34. The third-order valence-corrected chi connectivity index (χ3v) is 3.47. The first-order valence-electron chi connectivity index (χ1n) is 6.17. The van der Waals surface area contributed by atoms with Crippen LogP contribution in [0.2, 0.25) is 5.02 Å². The molecule has 4 nitrogen and oxygen atoms in total. The smallest absolute Gasteiger partial charge is 0.266 e. The minimum Gasteiger partial charge on any atom is -0.507 e. The van der Waals surface area contributed by atoms with Crippen molar-refractivity contribution in [1.29, 1.82) is 5.26 Å². The maximum atomic E-state index is 12.1. The van der Waals surface area contributed by atoms with Gasteiger partial charge in [0.05, 0.1) is 0 Å². The van der Waals surface area contributed by atoms with Gasteiger partial charge >= 0.3 is 0 Å². The van der Waals surface area contributed by atoms with Gasteiger partial charge in [-0.1, -0.05) is 33.6 Å². The van der Waals surface area contributed by atoms with E-state index in [1.54, 1.807) is 36.4 Å². The number of carbonyl (C=O) groups is 1. The van der Waals surface area contributed by atoms with Crippen LogP contribution in [0.15, 0.2) is 52.5 Å². The standard InChI is InChI=1S/C16H10BrClN2O2/c17-12-4-5-15(21)10(7-12)6-11(9-19)16(22)20-14-3-1-2-13(18)8-14/h1-8,21H,(H,20,22)/b11-6+. The summed E-state index contributed by atoms with van der Waals surface area (Å²) in [6, 6.07) is 13.2. The van der Waals surface area contributed by atoms with Gasteiger partial charge in [0.1, 0.15) is 17.4 Å². The van der Waals surface area contributed by atoms with Crippen LogP contribution in [-0.4, -0.2) is 11.0 Å². The third-order valence-electron chi connectivity index (χ3n) is 2.74. The zero-order chi connectivity index (χ0) is 16.1. The number of anilines is 1. The zero-order valence-electron chi connectivity index (χ0n) is 11.2. The number of rotatable bonds is 3. The number of benzene rings is 2. The predicted octanol–water partition coefficient (Wildman–Crippen LogP) is 4.35. The van der Waals surface area contributed by atoms with E-state index >= 15 is 0 Å². The summed E-state index contributed by atoms with van der Waals surface area (Å²) in [7, 11) is 0. The van der Waals surface area contributed by atoms with Crippen LogP contribution in [0, 0.1) is 11.3 Å². The number of carbonyl (C=O) groups excluding carboxylic acids is 1. The molecular weight excluding hydrogens is 368 g/mol. The Morgan fingerprint density at radius 1 is 1.32 bits per heavy atom. The monoisotopic (exact) mass is 376 g/mol. The lowest BCUT2D eigenvalue weighted by molar-refractivity contribution is -0.112. The average Bonchev–Trinajstić information content (AvgIpc) is 2.48. The first kappa shape index (κ1) is 16.1. The predicted molar refractivity (Wildman–Crippen MR) is 89.5 cm³/mol. The maximum absolute atomic E-state index is 12.1. The van der Waals surface area contributed by atoms with Crippen molar-refractivity contribution < 1.29 is 9.90 Å². The number of aromatic hydroxyl groups is 1. The van der Waals surface area contributed by atoms with Crippen molar-refractivity contribution in [1.82, 2.24) is 0 Å². The van der Waals surface area contributed by atoms with Gasteiger partial charge in [-0.2, -0.15) is 5.26 Å². The van der Waals surface area contributed by atoms with E-state index in [0.717, 1.165) is 4.47 Å². The summed E-state index contributed by atoms with van der Waals surface area (Å²) in [6.07, 6.45) is 1.32. The summed E-state index contributed by atoms with van der Waals surface area (Å²) >= 11 is 9.11. The molecule has 0 saturated heterocycles. The van der Waals surface area contributed by atoms with Gasteiger partial charge in [-0.3, -0.25) is 4.79 Å². The molecule has 0 radical (unpaired) electrons. The van der Waals surface area contributed by atoms with Crippen LogP contribution in [0.4, 0.5) is 5.69 Å². The van der Waals surface area contributed by atoms with Crippen LogP contribution in [0.1, 0.15) is 5.56 Å². The van der Waals surface area contributed by atoms with Crippen molar-refractivity contribution in [3.8, 4) is 11.8 Å². The van der Waals surface area contributed by atoms with Crippen molar-refractivity contribution in [3.63, 3.8) is 0 Å². The lowest BCUT2D eigenvalue weighted by Gasteiger charge is -2.05. The molecule has 1 amide bonds. The lowest BCUT2D eigenvalue weighted by Crippen LogP contribution is -2.13. The second-order valence-electron chi connectivity index (χ2n) is 4.34. The number of phenolic OH excluding ortho intramolecular Hbond substituents is 1. The zero-order valence-corrected chi connectivity index (χ0v) is 13.5.